The van der Waals surface area contributed by atoms with E-state index in [-0.39, 0.29) is 24.4 Å². The smallest absolute Gasteiger partial charge is 0.326 e. The molecule has 0 aromatic carbocycles. The Hall–Kier alpha value is -2.93. The largest absolute Gasteiger partial charge is 0.480 e. The minimum Gasteiger partial charge on any atom is -0.480 e. The van der Waals surface area contributed by atoms with Crippen molar-refractivity contribution in [2.45, 2.75) is 193 Å². The van der Waals surface area contributed by atoms with E-state index >= 15 is 0 Å². The van der Waals surface area contributed by atoms with Crippen molar-refractivity contribution in [1.82, 2.24) is 5.32 Å². The lowest BCUT2D eigenvalue weighted by Gasteiger charge is -2.15. The first-order chi connectivity index (χ1) is 24.9. The van der Waals surface area contributed by atoms with Crippen molar-refractivity contribution in [2.75, 3.05) is 6.54 Å². The van der Waals surface area contributed by atoms with Crippen molar-refractivity contribution in [3.8, 4) is 0 Å². The van der Waals surface area contributed by atoms with Crippen molar-refractivity contribution in [3.63, 3.8) is 0 Å². The Morgan fingerprint density at radius 2 is 1.14 bits per heavy atom. The molecule has 0 heterocycles. The molecule has 0 aromatic heterocycles. The average Bonchev–Trinajstić information content (AvgIpc) is 3.11. The quantitative estimate of drug-likeness (QED) is 0.0338. The molecular formula is C44H76N2O5. The fourth-order valence-electron chi connectivity index (χ4n) is 5.71. The van der Waals surface area contributed by atoms with Crippen LogP contribution in [0.5, 0.6) is 0 Å². The summed E-state index contributed by atoms with van der Waals surface area (Å²) in [6.45, 7) is 4.79. The van der Waals surface area contributed by atoms with Gasteiger partial charge < -0.3 is 20.9 Å². The minimum atomic E-state index is -1.03. The van der Waals surface area contributed by atoms with E-state index in [9.17, 15) is 19.5 Å². The molecule has 292 valence electrons. The number of nitrogens with one attached hydrogen (secondary N) is 1. The van der Waals surface area contributed by atoms with Crippen molar-refractivity contribution in [2.24, 2.45) is 5.73 Å². The maximum Gasteiger partial charge on any atom is 0.326 e. The van der Waals surface area contributed by atoms with Gasteiger partial charge in [-0.3, -0.25) is 9.59 Å². The summed E-state index contributed by atoms with van der Waals surface area (Å²) < 4.78 is 5.88. The summed E-state index contributed by atoms with van der Waals surface area (Å²) in [5.41, 5.74) is 5.48. The van der Waals surface area contributed by atoms with Crippen LogP contribution >= 0.6 is 0 Å². The second-order valence-electron chi connectivity index (χ2n) is 13.7. The van der Waals surface area contributed by atoms with Gasteiger partial charge in [0.1, 0.15) is 12.1 Å². The van der Waals surface area contributed by atoms with E-state index in [1.165, 1.54) is 64.2 Å². The van der Waals surface area contributed by atoms with Crippen LogP contribution < -0.4 is 11.1 Å². The van der Waals surface area contributed by atoms with Crippen LogP contribution in [0.3, 0.4) is 0 Å². The Morgan fingerprint density at radius 1 is 0.608 bits per heavy atom. The van der Waals surface area contributed by atoms with Crippen LogP contribution in [0, 0.1) is 0 Å². The first kappa shape index (κ1) is 48.1. The third-order valence-electron chi connectivity index (χ3n) is 8.80. The fraction of sp³-hybridized carbons (Fsp3) is 0.705. The van der Waals surface area contributed by atoms with Gasteiger partial charge in [0.25, 0.3) is 0 Å². The summed E-state index contributed by atoms with van der Waals surface area (Å²) in [5, 5.41) is 11.9. The summed E-state index contributed by atoms with van der Waals surface area (Å²) in [6.07, 6.45) is 47.0. The monoisotopic (exact) mass is 713 g/mol. The molecule has 4 N–H and O–H groups in total. The van der Waals surface area contributed by atoms with E-state index in [2.05, 4.69) is 73.8 Å². The molecule has 0 saturated heterocycles. The molecule has 2 atom stereocenters. The minimum absolute atomic E-state index is 0.146. The van der Waals surface area contributed by atoms with Crippen molar-refractivity contribution in [3.05, 3.63) is 60.8 Å². The van der Waals surface area contributed by atoms with E-state index in [1.54, 1.807) is 0 Å². The number of allylic oxidation sites excluding steroid dienone is 9. The zero-order chi connectivity index (χ0) is 37.5. The van der Waals surface area contributed by atoms with E-state index in [0.29, 0.717) is 38.6 Å². The standard InChI is InChI=1S/C44H76N2O5/c1-3-5-7-9-11-13-15-16-17-18-19-21-23-25-27-32-38-43(48)51-40(34-29-26-24-22-20-14-12-10-8-6-4-2)35-30-28-31-37-42(47)46-41(44(49)50)36-33-39-45/h6,8,12,14,17-18,22,24,29,34,40-41H,3-5,7,9-11,13,15-16,19-21,23,25-28,30-33,35-39,45H2,1-2H3,(H,46,47)(H,49,50)/b8-6-,14-12-,18-17-,24-22-,34-29-. The molecule has 0 fully saturated rings. The van der Waals surface area contributed by atoms with Crippen LogP contribution in [-0.2, 0) is 19.1 Å². The molecule has 0 aliphatic rings. The second kappa shape index (κ2) is 38.3. The topological polar surface area (TPSA) is 119 Å². The van der Waals surface area contributed by atoms with E-state index in [4.69, 9.17) is 10.5 Å². The van der Waals surface area contributed by atoms with Gasteiger partial charge in [-0.05, 0) is 103 Å². The van der Waals surface area contributed by atoms with Crippen molar-refractivity contribution >= 4 is 17.8 Å². The molecule has 0 bridgehead atoms. The Bertz CT molecular complexity index is 984. The lowest BCUT2D eigenvalue weighted by Crippen LogP contribution is -2.40. The molecule has 2 unspecified atom stereocenters. The summed E-state index contributed by atoms with van der Waals surface area (Å²) >= 11 is 0. The lowest BCUT2D eigenvalue weighted by molar-refractivity contribution is -0.147. The highest BCUT2D eigenvalue weighted by Crippen LogP contribution is 2.14. The van der Waals surface area contributed by atoms with E-state index in [0.717, 1.165) is 64.2 Å². The van der Waals surface area contributed by atoms with E-state index < -0.39 is 12.0 Å². The molecule has 0 radical (unpaired) electrons. The van der Waals surface area contributed by atoms with Gasteiger partial charge in [-0.2, -0.15) is 0 Å². The SMILES string of the molecule is CC/C=C\C/C=C\C/C=C\C/C=C\C(CCCCCC(=O)NC(CCCN)C(=O)O)OC(=O)CCCCCCC/C=C\CCCCCCCCC. The lowest BCUT2D eigenvalue weighted by atomic mass is 10.1. The highest BCUT2D eigenvalue weighted by molar-refractivity contribution is 5.83. The Kier molecular flexibility index (Phi) is 36.1. The number of ether oxygens (including phenoxy) is 1. The van der Waals surface area contributed by atoms with Crippen LogP contribution in [0.1, 0.15) is 181 Å². The summed E-state index contributed by atoms with van der Waals surface area (Å²) in [7, 11) is 0. The number of unbranched alkanes of at least 4 members (excludes halogenated alkanes) is 14. The normalized spacial score (nSPS) is 13.3. The number of carbonyl (C=O) groups excluding carboxylic acids is 2. The third kappa shape index (κ3) is 35.3. The van der Waals surface area contributed by atoms with Gasteiger partial charge in [0.2, 0.25) is 5.91 Å². The van der Waals surface area contributed by atoms with Gasteiger partial charge in [-0.1, -0.05) is 133 Å². The summed E-state index contributed by atoms with van der Waals surface area (Å²) in [4.78, 5) is 36.4. The second-order valence-corrected chi connectivity index (χ2v) is 13.7. The predicted molar refractivity (Wildman–Crippen MR) is 216 cm³/mol. The van der Waals surface area contributed by atoms with Crippen LogP contribution in [0.25, 0.3) is 0 Å². The number of hydrogen-bond donors (Lipinski definition) is 3. The molecule has 0 spiro atoms. The van der Waals surface area contributed by atoms with Gasteiger partial charge >= 0.3 is 11.9 Å². The highest BCUT2D eigenvalue weighted by atomic mass is 16.5. The van der Waals surface area contributed by atoms with E-state index in [1.807, 2.05) is 6.08 Å². The molecule has 1 amide bonds. The van der Waals surface area contributed by atoms with Gasteiger partial charge in [0, 0.05) is 12.8 Å². The Labute approximate surface area is 312 Å². The Morgan fingerprint density at radius 3 is 1.73 bits per heavy atom. The molecule has 0 aliphatic heterocycles. The number of aliphatic carboxylic acids is 1. The molecule has 0 aliphatic carbocycles. The molecular weight excluding hydrogens is 636 g/mol. The highest BCUT2D eigenvalue weighted by Gasteiger charge is 2.19. The van der Waals surface area contributed by atoms with Crippen LogP contribution in [0.2, 0.25) is 0 Å². The number of amides is 1. The van der Waals surface area contributed by atoms with Gasteiger partial charge in [-0.25, -0.2) is 4.79 Å². The molecule has 7 heteroatoms. The van der Waals surface area contributed by atoms with Crippen molar-refractivity contribution in [1.29, 1.82) is 0 Å². The van der Waals surface area contributed by atoms with Gasteiger partial charge in [-0.15, -0.1) is 0 Å². The average molecular weight is 713 g/mol. The first-order valence-corrected chi connectivity index (χ1v) is 20.6. The maximum atomic E-state index is 12.7. The summed E-state index contributed by atoms with van der Waals surface area (Å²) in [6, 6.07) is -0.894. The number of esters is 1. The third-order valence-corrected chi connectivity index (χ3v) is 8.80. The molecule has 51 heavy (non-hydrogen) atoms. The zero-order valence-electron chi connectivity index (χ0n) is 32.7. The number of carboxylic acid groups (broad SMARTS) is 1. The number of rotatable bonds is 36. The number of hydrogen-bond acceptors (Lipinski definition) is 5. The summed E-state index contributed by atoms with van der Waals surface area (Å²) in [5.74, 6) is -1.43. The fourth-order valence-corrected chi connectivity index (χ4v) is 5.71. The number of carboxylic acids is 1. The van der Waals surface area contributed by atoms with Crippen molar-refractivity contribution < 1.29 is 24.2 Å². The molecule has 7 nitrogen and oxygen atoms in total. The maximum absolute atomic E-state index is 12.7. The number of carbonyl (C=O) groups is 3. The van der Waals surface area contributed by atoms with Gasteiger partial charge in [0.15, 0.2) is 0 Å². The first-order valence-electron chi connectivity index (χ1n) is 20.6. The van der Waals surface area contributed by atoms with Crippen LogP contribution in [-0.4, -0.2) is 41.6 Å². The number of nitrogens with two attached hydrogens (primary N) is 1. The van der Waals surface area contributed by atoms with Crippen LogP contribution in [0.4, 0.5) is 0 Å². The van der Waals surface area contributed by atoms with Gasteiger partial charge in [0.05, 0.1) is 0 Å². The molecule has 0 aromatic rings. The predicted octanol–water partition coefficient (Wildman–Crippen LogP) is 11.4. The molecule has 0 saturated carbocycles. The van der Waals surface area contributed by atoms with Crippen LogP contribution in [0.15, 0.2) is 60.8 Å². The molecule has 0 rings (SSSR count). The Balaban J connectivity index is 4.47. The zero-order valence-corrected chi connectivity index (χ0v) is 32.7.